The molecule has 0 aliphatic carbocycles. The topological polar surface area (TPSA) is 391 Å². The summed E-state index contributed by atoms with van der Waals surface area (Å²) in [5.41, 5.74) is 0.585. The van der Waals surface area contributed by atoms with Crippen LogP contribution < -0.4 is 26.6 Å². The van der Waals surface area contributed by atoms with Crippen LogP contribution >= 0.6 is 0 Å². The molecule has 2 heterocycles. The summed E-state index contributed by atoms with van der Waals surface area (Å²) < 4.78 is 12.0. The summed E-state index contributed by atoms with van der Waals surface area (Å²) in [7, 11) is 0. The lowest BCUT2D eigenvalue weighted by Crippen LogP contribution is -2.67. The number of aldehydes is 1. The SMILES string of the molecule is CC(=O)N[C@H]1[C@H]([C@H](O)[C@H](O)CNC(=O)c2ccc(-c3ccccc3)cc2)O[C@](C=O)(CC(=O)CCCCCNC(=O)c2ccc(C(=O)CCCCCCC(=O)C[C@]3(C(=O)O)C[C@H](O)[C@@H](NC(C)=O)[C@H]([C@H](O)[C@H](O)CNC(=O)c4ccc(-c5ccccc5)cc4)O3)cc2)C[C@@H]1O. The molecule has 0 spiro atoms. The van der Waals surface area contributed by atoms with Crippen molar-refractivity contribution >= 4 is 59.1 Å². The van der Waals surface area contributed by atoms with Crippen LogP contribution in [0.1, 0.15) is 145 Å². The number of ketones is 3. The molecule has 5 amide bonds. The van der Waals surface area contributed by atoms with E-state index in [4.69, 9.17) is 9.47 Å². The molecule has 2 aliphatic rings. The highest BCUT2D eigenvalue weighted by atomic mass is 16.6. The highest BCUT2D eigenvalue weighted by molar-refractivity contribution is 5.99. The molecule has 5 aromatic carbocycles. The van der Waals surface area contributed by atoms with Gasteiger partial charge in [0.2, 0.25) is 11.8 Å². The zero-order chi connectivity index (χ0) is 68.8. The Morgan fingerprint density at radius 1 is 0.484 bits per heavy atom. The lowest BCUT2D eigenvalue weighted by atomic mass is 9.80. The number of aliphatic hydroxyl groups excluding tert-OH is 6. The van der Waals surface area contributed by atoms with E-state index >= 15 is 0 Å². The summed E-state index contributed by atoms with van der Waals surface area (Å²) in [6.07, 6.45) is -12.3. The third-order valence-corrected chi connectivity index (χ3v) is 17.1. The van der Waals surface area contributed by atoms with Crippen molar-refractivity contribution in [1.82, 2.24) is 26.6 Å². The molecule has 2 fully saturated rings. The van der Waals surface area contributed by atoms with Crippen LogP contribution in [-0.4, -0.2) is 187 Å². The summed E-state index contributed by atoms with van der Waals surface area (Å²) in [6.45, 7) is 1.56. The molecule has 0 saturated carbocycles. The van der Waals surface area contributed by atoms with Crippen molar-refractivity contribution in [2.45, 2.75) is 176 Å². The molecule has 0 bridgehead atoms. The van der Waals surface area contributed by atoms with Crippen LogP contribution in [-0.2, 0) is 38.2 Å². The molecular formula is C71H85N5O19. The van der Waals surface area contributed by atoms with E-state index in [2.05, 4.69) is 26.6 Å². The Labute approximate surface area is 550 Å². The summed E-state index contributed by atoms with van der Waals surface area (Å²) in [4.78, 5) is 129. The largest absolute Gasteiger partial charge is 0.479 e. The number of hydrogen-bond donors (Lipinski definition) is 12. The van der Waals surface area contributed by atoms with Gasteiger partial charge in [0, 0.05) is 101 Å². The zero-order valence-electron chi connectivity index (χ0n) is 53.1. The Morgan fingerprint density at radius 3 is 1.33 bits per heavy atom. The van der Waals surface area contributed by atoms with E-state index in [0.29, 0.717) is 62.4 Å². The van der Waals surface area contributed by atoms with Crippen LogP contribution in [0, 0.1) is 0 Å². The first-order chi connectivity index (χ1) is 45.4. The predicted molar refractivity (Wildman–Crippen MR) is 346 cm³/mol. The Balaban J connectivity index is 0.785. The van der Waals surface area contributed by atoms with E-state index in [1.807, 2.05) is 60.7 Å². The normalized spacial score (nSPS) is 22.1. The number of aliphatic hydroxyl groups is 6. The second kappa shape index (κ2) is 35.1. The number of ether oxygens (including phenoxy) is 2. The number of carbonyl (C=O) groups excluding carboxylic acids is 9. The number of carboxylic acids is 1. The molecule has 2 saturated heterocycles. The predicted octanol–water partition coefficient (Wildman–Crippen LogP) is 4.13. The van der Waals surface area contributed by atoms with Gasteiger partial charge in [-0.15, -0.1) is 0 Å². The molecule has 12 atom stereocenters. The zero-order valence-corrected chi connectivity index (χ0v) is 53.1. The Morgan fingerprint density at radius 2 is 0.874 bits per heavy atom. The minimum atomic E-state index is -2.35. The van der Waals surface area contributed by atoms with Gasteiger partial charge in [-0.05, 0) is 84.3 Å². The van der Waals surface area contributed by atoms with Crippen LogP contribution in [0.2, 0.25) is 0 Å². The second-order valence-corrected chi connectivity index (χ2v) is 24.5. The molecule has 24 nitrogen and oxygen atoms in total. The number of nitrogens with one attached hydrogen (secondary N) is 5. The van der Waals surface area contributed by atoms with E-state index in [-0.39, 0.29) is 42.7 Å². The molecule has 7 rings (SSSR count). The third kappa shape index (κ3) is 20.9. The van der Waals surface area contributed by atoms with Crippen molar-refractivity contribution in [2.75, 3.05) is 19.6 Å². The molecule has 0 aromatic heterocycles. The number of Topliss-reactive ketones (excluding diaryl/α,β-unsaturated/α-hetero) is 3. The molecule has 5 aromatic rings. The van der Waals surface area contributed by atoms with Gasteiger partial charge in [0.05, 0.1) is 36.5 Å². The minimum absolute atomic E-state index is 0.00498. The summed E-state index contributed by atoms with van der Waals surface area (Å²) >= 11 is 0. The van der Waals surface area contributed by atoms with E-state index in [0.717, 1.165) is 29.2 Å². The summed E-state index contributed by atoms with van der Waals surface area (Å²) in [5, 5.41) is 90.5. The van der Waals surface area contributed by atoms with Crippen LogP contribution in [0.15, 0.2) is 133 Å². The van der Waals surface area contributed by atoms with Crippen LogP contribution in [0.4, 0.5) is 0 Å². The number of benzene rings is 5. The average molecular weight is 1310 g/mol. The lowest BCUT2D eigenvalue weighted by molar-refractivity contribution is -0.228. The van der Waals surface area contributed by atoms with Crippen molar-refractivity contribution in [3.63, 3.8) is 0 Å². The fraction of sp³-hybridized carbons (Fsp3) is 0.437. The lowest BCUT2D eigenvalue weighted by Gasteiger charge is -2.47. The first kappa shape index (κ1) is 73.7. The van der Waals surface area contributed by atoms with E-state index in [1.54, 1.807) is 48.5 Å². The average Bonchev–Trinajstić information content (AvgIpc) is 0.786. The molecule has 12 N–H and O–H groups in total. The van der Waals surface area contributed by atoms with Gasteiger partial charge in [-0.3, -0.25) is 38.4 Å². The van der Waals surface area contributed by atoms with Gasteiger partial charge in [0.25, 0.3) is 17.7 Å². The molecule has 2 aliphatic heterocycles. The maximum Gasteiger partial charge on any atom is 0.336 e. The van der Waals surface area contributed by atoms with Crippen LogP contribution in [0.5, 0.6) is 0 Å². The maximum atomic E-state index is 13.4. The van der Waals surface area contributed by atoms with Gasteiger partial charge < -0.3 is 76.6 Å². The highest BCUT2D eigenvalue weighted by Crippen LogP contribution is 2.37. The molecular weight excluding hydrogens is 1230 g/mol. The molecule has 508 valence electrons. The van der Waals surface area contributed by atoms with E-state index in [9.17, 15) is 83.7 Å². The number of carboxylic acid groups (broad SMARTS) is 1. The fourth-order valence-electron chi connectivity index (χ4n) is 11.9. The second-order valence-electron chi connectivity index (χ2n) is 24.5. The molecule has 0 unspecified atom stereocenters. The Kier molecular flexibility index (Phi) is 27.3. The Bertz CT molecular complexity index is 3430. The maximum absolute atomic E-state index is 13.4. The van der Waals surface area contributed by atoms with Crippen LogP contribution in [0.25, 0.3) is 22.3 Å². The smallest absolute Gasteiger partial charge is 0.336 e. The number of hydrogen-bond acceptors (Lipinski definition) is 18. The standard InChI is InChI=1S/C71H85N5O19/c1-43(78)75-60-56(83)38-70(42-77,94-64(60)62(87)58(85)40-73-67(90)51-29-23-47(24-30-51)45-16-8-5-9-17-45)36-53(80)20-13-7-15-35-72-66(89)50-33-27-49(28-34-50)55(82)22-14-4-3-12-21-54(81)37-71(69(92)93)39-57(84)61(76-44(2)79)65(95-71)63(88)59(86)41-74-68(91)52-31-25-48(26-32-52)46-18-10-6-11-19-46/h5-6,8-11,16-19,23-34,42,56-65,83-88H,3-4,7,12-15,20-22,35-41H2,1-2H3,(H,72,89)(H,73,90)(H,74,91)(H,75,78)(H,76,79)(H,92,93)/t56-,57-,58+,59+,60+,61+,62+,63+,64+,65+,70+,71+/m0/s1. The molecule has 0 radical (unpaired) electrons. The number of unbranched alkanes of at least 4 members (excludes halogenated alkanes) is 5. The third-order valence-electron chi connectivity index (χ3n) is 17.1. The summed E-state index contributed by atoms with van der Waals surface area (Å²) in [5.74, 6) is -5.49. The number of amides is 5. The van der Waals surface area contributed by atoms with Gasteiger partial charge in [0.1, 0.15) is 41.6 Å². The monoisotopic (exact) mass is 1310 g/mol. The quantitative estimate of drug-likeness (QED) is 0.0154. The van der Waals surface area contributed by atoms with Gasteiger partial charge in [-0.1, -0.05) is 116 Å². The van der Waals surface area contributed by atoms with Crippen molar-refractivity contribution in [3.8, 4) is 22.3 Å². The summed E-state index contributed by atoms with van der Waals surface area (Å²) in [6, 6.07) is 35.8. The van der Waals surface area contributed by atoms with E-state index in [1.165, 1.54) is 31.2 Å². The first-order valence-corrected chi connectivity index (χ1v) is 31.9. The Hall–Kier alpha value is -8.72. The number of aliphatic carboxylic acids is 1. The van der Waals surface area contributed by atoms with Crippen molar-refractivity contribution in [1.29, 1.82) is 0 Å². The number of rotatable bonds is 35. The van der Waals surface area contributed by atoms with Gasteiger partial charge in [-0.2, -0.15) is 0 Å². The minimum Gasteiger partial charge on any atom is -0.479 e. The van der Waals surface area contributed by atoms with Crippen LogP contribution in [0.3, 0.4) is 0 Å². The highest BCUT2D eigenvalue weighted by Gasteiger charge is 2.56. The number of carbonyl (C=O) groups is 10. The van der Waals surface area contributed by atoms with Gasteiger partial charge in [0.15, 0.2) is 17.7 Å². The molecule has 24 heteroatoms. The van der Waals surface area contributed by atoms with Crippen molar-refractivity contribution < 1.29 is 93.2 Å². The molecule has 95 heavy (non-hydrogen) atoms. The van der Waals surface area contributed by atoms with Gasteiger partial charge in [-0.25, -0.2) is 4.79 Å². The van der Waals surface area contributed by atoms with Gasteiger partial charge >= 0.3 is 5.97 Å². The van der Waals surface area contributed by atoms with E-state index < -0.39 is 158 Å². The fourth-order valence-corrected chi connectivity index (χ4v) is 11.9. The van der Waals surface area contributed by atoms with Crippen molar-refractivity contribution in [2.24, 2.45) is 0 Å². The first-order valence-electron chi connectivity index (χ1n) is 31.9. The van der Waals surface area contributed by atoms with Crippen molar-refractivity contribution in [3.05, 3.63) is 156 Å².